The summed E-state index contributed by atoms with van der Waals surface area (Å²) in [6.45, 7) is 2.06. The lowest BCUT2D eigenvalue weighted by atomic mass is 10.1. The molecule has 0 saturated carbocycles. The molecule has 4 heteroatoms. The molecule has 0 aliphatic carbocycles. The van der Waals surface area contributed by atoms with E-state index in [1.807, 2.05) is 12.4 Å². The lowest BCUT2D eigenvalue weighted by molar-refractivity contribution is 0.336. The molecular weight excluding hydrogens is 200 g/mol. The highest BCUT2D eigenvalue weighted by molar-refractivity contribution is 5.19. The number of hydrogen-bond donors (Lipinski definition) is 1. The number of rotatable bonds is 3. The first kappa shape index (κ1) is 9.54. The fourth-order valence-electron chi connectivity index (χ4n) is 1.95. The van der Waals surface area contributed by atoms with Crippen molar-refractivity contribution in [3.63, 3.8) is 0 Å². The summed E-state index contributed by atoms with van der Waals surface area (Å²) in [5, 5.41) is 11.5. The van der Waals surface area contributed by atoms with Crippen LogP contribution in [0.2, 0.25) is 0 Å². The van der Waals surface area contributed by atoms with Gasteiger partial charge in [0.2, 0.25) is 0 Å². The Morgan fingerprint density at radius 1 is 1.25 bits per heavy atom. The van der Waals surface area contributed by atoms with Crippen molar-refractivity contribution in [2.75, 3.05) is 13.1 Å². The van der Waals surface area contributed by atoms with Crippen LogP contribution >= 0.6 is 0 Å². The van der Waals surface area contributed by atoms with Crippen LogP contribution < -0.4 is 5.32 Å². The molecule has 0 amide bonds. The summed E-state index contributed by atoms with van der Waals surface area (Å²) in [5.41, 5.74) is 1.28. The second kappa shape index (κ2) is 4.06. The van der Waals surface area contributed by atoms with E-state index in [1.165, 1.54) is 5.56 Å². The molecule has 82 valence electrons. The van der Waals surface area contributed by atoms with Crippen molar-refractivity contribution >= 4 is 0 Å². The molecule has 16 heavy (non-hydrogen) atoms. The number of nitrogens with zero attached hydrogens (tertiary/aromatic N) is 3. The van der Waals surface area contributed by atoms with Crippen LogP contribution in [0.1, 0.15) is 17.4 Å². The van der Waals surface area contributed by atoms with Crippen LogP contribution in [0.25, 0.3) is 0 Å². The number of aromatic nitrogens is 3. The normalized spacial score (nSPS) is 16.0. The first-order valence-electron chi connectivity index (χ1n) is 5.56. The minimum Gasteiger partial charge on any atom is -0.313 e. The zero-order valence-corrected chi connectivity index (χ0v) is 9.00. The van der Waals surface area contributed by atoms with Crippen LogP contribution in [0.15, 0.2) is 36.7 Å². The Labute approximate surface area is 94.3 Å². The molecule has 1 aromatic carbocycles. The molecule has 1 aliphatic heterocycles. The highest BCUT2D eigenvalue weighted by atomic mass is 15.3. The second-order valence-corrected chi connectivity index (χ2v) is 4.13. The van der Waals surface area contributed by atoms with E-state index < -0.39 is 0 Å². The largest absolute Gasteiger partial charge is 0.313 e. The lowest BCUT2D eigenvalue weighted by Crippen LogP contribution is -2.43. The standard InChI is InChI=1S/C12H14N4/c1-2-4-10(5-3-1)6-12-15-14-9-16(12)11-7-13-8-11/h1-5,9,11,13H,6-8H2. The van der Waals surface area contributed by atoms with Crippen LogP contribution in [-0.2, 0) is 6.42 Å². The van der Waals surface area contributed by atoms with Gasteiger partial charge in [0.05, 0.1) is 6.04 Å². The molecule has 0 radical (unpaired) electrons. The molecule has 1 N–H and O–H groups in total. The Bertz CT molecular complexity index is 459. The van der Waals surface area contributed by atoms with Crippen LogP contribution in [-0.4, -0.2) is 27.9 Å². The Morgan fingerprint density at radius 3 is 2.75 bits per heavy atom. The van der Waals surface area contributed by atoms with Crippen molar-refractivity contribution in [2.24, 2.45) is 0 Å². The quantitative estimate of drug-likeness (QED) is 0.829. The average Bonchev–Trinajstić information content (AvgIpc) is 2.66. The molecule has 1 aliphatic rings. The monoisotopic (exact) mass is 214 g/mol. The Morgan fingerprint density at radius 2 is 2.06 bits per heavy atom. The van der Waals surface area contributed by atoms with E-state index in [4.69, 9.17) is 0 Å². The zero-order chi connectivity index (χ0) is 10.8. The third-order valence-electron chi connectivity index (χ3n) is 3.01. The summed E-state index contributed by atoms with van der Waals surface area (Å²) in [7, 11) is 0. The third-order valence-corrected chi connectivity index (χ3v) is 3.01. The predicted molar refractivity (Wildman–Crippen MR) is 61.2 cm³/mol. The molecule has 3 rings (SSSR count). The average molecular weight is 214 g/mol. The molecule has 0 bridgehead atoms. The maximum atomic E-state index is 4.20. The number of nitrogens with one attached hydrogen (secondary N) is 1. The SMILES string of the molecule is c1ccc(Cc2nncn2C2CNC2)cc1. The van der Waals surface area contributed by atoms with Gasteiger partial charge in [-0.2, -0.15) is 0 Å². The summed E-state index contributed by atoms with van der Waals surface area (Å²) in [6, 6.07) is 10.9. The first-order chi connectivity index (χ1) is 7.93. The molecule has 0 atom stereocenters. The van der Waals surface area contributed by atoms with Gasteiger partial charge in [0.1, 0.15) is 12.2 Å². The van der Waals surface area contributed by atoms with Crippen LogP contribution in [0.4, 0.5) is 0 Å². The fraction of sp³-hybridized carbons (Fsp3) is 0.333. The Kier molecular flexibility index (Phi) is 2.42. The first-order valence-corrected chi connectivity index (χ1v) is 5.56. The van der Waals surface area contributed by atoms with Gasteiger partial charge in [0.15, 0.2) is 0 Å². The maximum Gasteiger partial charge on any atom is 0.137 e. The fourth-order valence-corrected chi connectivity index (χ4v) is 1.95. The lowest BCUT2D eigenvalue weighted by Gasteiger charge is -2.29. The maximum absolute atomic E-state index is 4.20. The molecule has 2 heterocycles. The van der Waals surface area contributed by atoms with Gasteiger partial charge >= 0.3 is 0 Å². The van der Waals surface area contributed by atoms with Gasteiger partial charge in [-0.25, -0.2) is 0 Å². The van der Waals surface area contributed by atoms with E-state index >= 15 is 0 Å². The van der Waals surface area contributed by atoms with Crippen molar-refractivity contribution < 1.29 is 0 Å². The van der Waals surface area contributed by atoms with Crippen molar-refractivity contribution in [2.45, 2.75) is 12.5 Å². The summed E-state index contributed by atoms with van der Waals surface area (Å²) >= 11 is 0. The van der Waals surface area contributed by atoms with Crippen molar-refractivity contribution in [3.05, 3.63) is 48.0 Å². The van der Waals surface area contributed by atoms with Crippen molar-refractivity contribution in [1.82, 2.24) is 20.1 Å². The topological polar surface area (TPSA) is 42.7 Å². The molecule has 0 spiro atoms. The minimum atomic E-state index is 0.536. The number of hydrogen-bond acceptors (Lipinski definition) is 3. The Balaban J connectivity index is 1.82. The van der Waals surface area contributed by atoms with E-state index in [-0.39, 0.29) is 0 Å². The van der Waals surface area contributed by atoms with E-state index in [9.17, 15) is 0 Å². The van der Waals surface area contributed by atoms with Gasteiger partial charge in [-0.05, 0) is 5.56 Å². The molecule has 0 unspecified atom stereocenters. The van der Waals surface area contributed by atoms with Crippen LogP contribution in [0.5, 0.6) is 0 Å². The molecule has 1 fully saturated rings. The summed E-state index contributed by atoms with van der Waals surface area (Å²) in [5.74, 6) is 1.05. The second-order valence-electron chi connectivity index (χ2n) is 4.13. The number of benzene rings is 1. The zero-order valence-electron chi connectivity index (χ0n) is 9.00. The van der Waals surface area contributed by atoms with Gasteiger partial charge in [-0.1, -0.05) is 30.3 Å². The van der Waals surface area contributed by atoms with Crippen LogP contribution in [0.3, 0.4) is 0 Å². The Hall–Kier alpha value is -1.68. The summed E-state index contributed by atoms with van der Waals surface area (Å²) in [6.07, 6.45) is 2.70. The highest BCUT2D eigenvalue weighted by Gasteiger charge is 2.21. The van der Waals surface area contributed by atoms with Gasteiger partial charge in [0, 0.05) is 19.5 Å². The molecule has 1 saturated heterocycles. The van der Waals surface area contributed by atoms with Gasteiger partial charge in [-0.15, -0.1) is 10.2 Å². The molecule has 4 nitrogen and oxygen atoms in total. The minimum absolute atomic E-state index is 0.536. The van der Waals surface area contributed by atoms with Crippen molar-refractivity contribution in [3.8, 4) is 0 Å². The third kappa shape index (κ3) is 1.72. The van der Waals surface area contributed by atoms with E-state index in [0.717, 1.165) is 25.3 Å². The smallest absolute Gasteiger partial charge is 0.137 e. The van der Waals surface area contributed by atoms with Gasteiger partial charge < -0.3 is 9.88 Å². The van der Waals surface area contributed by atoms with Crippen LogP contribution in [0, 0.1) is 0 Å². The van der Waals surface area contributed by atoms with E-state index in [1.54, 1.807) is 0 Å². The summed E-state index contributed by atoms with van der Waals surface area (Å²) < 4.78 is 2.18. The van der Waals surface area contributed by atoms with E-state index in [0.29, 0.717) is 6.04 Å². The highest BCUT2D eigenvalue weighted by Crippen LogP contribution is 2.15. The predicted octanol–water partition coefficient (Wildman–Crippen LogP) is 1.01. The summed E-state index contributed by atoms with van der Waals surface area (Å²) in [4.78, 5) is 0. The van der Waals surface area contributed by atoms with Crippen molar-refractivity contribution in [1.29, 1.82) is 0 Å². The van der Waals surface area contributed by atoms with Gasteiger partial charge in [0.25, 0.3) is 0 Å². The van der Waals surface area contributed by atoms with E-state index in [2.05, 4.69) is 44.3 Å². The molecule has 1 aromatic heterocycles. The molecule has 2 aromatic rings. The van der Waals surface area contributed by atoms with Gasteiger partial charge in [-0.3, -0.25) is 0 Å². The molecular formula is C12H14N4.